The molecule has 17 heteroatoms. The zero-order valence-corrected chi connectivity index (χ0v) is 31.1. The minimum absolute atomic E-state index is 0.0171. The minimum Gasteiger partial charge on any atom is -0.490 e. The number of carbonyl (C=O) groups excluding carboxylic acids is 2. The van der Waals surface area contributed by atoms with Crippen LogP contribution in [0.3, 0.4) is 0 Å². The van der Waals surface area contributed by atoms with Crippen molar-refractivity contribution in [1.29, 1.82) is 0 Å². The van der Waals surface area contributed by atoms with E-state index in [1.807, 2.05) is 0 Å². The number of benzene rings is 1. The summed E-state index contributed by atoms with van der Waals surface area (Å²) in [5.74, 6) is -2.56. The number of aliphatic carboxylic acids is 1. The number of ether oxygens (including phenoxy) is 2. The maximum Gasteiger partial charge on any atom is 0.425 e. The van der Waals surface area contributed by atoms with E-state index >= 15 is 0 Å². The highest BCUT2D eigenvalue weighted by molar-refractivity contribution is 7.10. The summed E-state index contributed by atoms with van der Waals surface area (Å²) in [6, 6.07) is 8.19. The molecule has 2 aliphatic heterocycles. The molecule has 2 amide bonds. The predicted molar refractivity (Wildman–Crippen MR) is 189 cm³/mol. The van der Waals surface area contributed by atoms with Crippen LogP contribution in [-0.2, 0) is 27.5 Å². The molecule has 0 unspecified atom stereocenters. The summed E-state index contributed by atoms with van der Waals surface area (Å²) in [7, 11) is 0. The molecular weight excluding hydrogens is 756 g/mol. The third-order valence-electron chi connectivity index (χ3n) is 10.1. The summed E-state index contributed by atoms with van der Waals surface area (Å²) in [6.07, 6.45) is -7.66. The van der Waals surface area contributed by atoms with Gasteiger partial charge in [0.05, 0.1) is 23.3 Å². The minimum atomic E-state index is -4.92. The molecule has 4 heterocycles. The van der Waals surface area contributed by atoms with Gasteiger partial charge in [0.1, 0.15) is 22.1 Å². The Labute approximate surface area is 318 Å². The second kappa shape index (κ2) is 16.8. The van der Waals surface area contributed by atoms with Crippen molar-refractivity contribution >= 4 is 29.1 Å². The number of piperidine rings is 2. The highest BCUT2D eigenvalue weighted by atomic mass is 32.1. The predicted octanol–water partition coefficient (Wildman–Crippen LogP) is 7.94. The Morgan fingerprint density at radius 2 is 1.73 bits per heavy atom. The van der Waals surface area contributed by atoms with Crippen LogP contribution in [0.1, 0.15) is 98.1 Å². The number of aliphatic hydroxyl groups is 1. The third kappa shape index (κ3) is 9.36. The SMILES string of the molecule is CCC[C@H]1N(C(=O)c2ncccc2C(F)(F)F)CCC[C@@]1(Oc1csc(C(F)(F)F)c1)C(=O)N1CCC(O)(c2ccccc2O[C@H](C)CCCC(=O)O)CC1. The maximum atomic E-state index is 14.9. The number of rotatable bonds is 13. The molecule has 3 atom stereocenters. The van der Waals surface area contributed by atoms with Crippen LogP contribution >= 0.6 is 11.3 Å². The molecule has 55 heavy (non-hydrogen) atoms. The summed E-state index contributed by atoms with van der Waals surface area (Å²) >= 11 is 0.361. The monoisotopic (exact) mass is 799 g/mol. The molecular formula is C38H43F6N3O7S. The van der Waals surface area contributed by atoms with E-state index in [1.54, 1.807) is 38.1 Å². The van der Waals surface area contributed by atoms with Gasteiger partial charge in [-0.25, -0.2) is 0 Å². The Hall–Kier alpha value is -4.38. The molecule has 0 saturated carbocycles. The van der Waals surface area contributed by atoms with E-state index < -0.39 is 63.5 Å². The Balaban J connectivity index is 1.46. The molecule has 10 nitrogen and oxygen atoms in total. The van der Waals surface area contributed by atoms with Crippen molar-refractivity contribution in [1.82, 2.24) is 14.8 Å². The molecule has 2 N–H and O–H groups in total. The number of pyridine rings is 1. The first-order chi connectivity index (χ1) is 25.9. The lowest BCUT2D eigenvalue weighted by Gasteiger charge is -2.51. The van der Waals surface area contributed by atoms with Crippen molar-refractivity contribution in [2.45, 2.75) is 107 Å². The quantitative estimate of drug-likeness (QED) is 0.167. The van der Waals surface area contributed by atoms with E-state index in [4.69, 9.17) is 14.6 Å². The number of carboxylic acid groups (broad SMARTS) is 1. The zero-order chi connectivity index (χ0) is 40.2. The number of para-hydroxylation sites is 1. The molecule has 300 valence electrons. The summed E-state index contributed by atoms with van der Waals surface area (Å²) in [5, 5.41) is 22.0. The molecule has 0 aliphatic carbocycles. The molecule has 3 aromatic rings. The smallest absolute Gasteiger partial charge is 0.425 e. The number of aromatic nitrogens is 1. The van der Waals surface area contributed by atoms with E-state index in [0.29, 0.717) is 41.9 Å². The van der Waals surface area contributed by atoms with Crippen LogP contribution < -0.4 is 9.47 Å². The summed E-state index contributed by atoms with van der Waals surface area (Å²) in [4.78, 5) is 45.2. The first-order valence-electron chi connectivity index (χ1n) is 18.1. The number of nitrogens with zero attached hydrogens (tertiary/aromatic N) is 3. The topological polar surface area (TPSA) is 130 Å². The maximum absolute atomic E-state index is 14.9. The fourth-order valence-electron chi connectivity index (χ4n) is 7.46. The van der Waals surface area contributed by atoms with Gasteiger partial charge >= 0.3 is 18.3 Å². The number of hydrogen-bond acceptors (Lipinski definition) is 8. The first-order valence-corrected chi connectivity index (χ1v) is 18.9. The van der Waals surface area contributed by atoms with Crippen molar-refractivity contribution in [2.24, 2.45) is 0 Å². The van der Waals surface area contributed by atoms with Crippen LogP contribution in [0.5, 0.6) is 11.5 Å². The van der Waals surface area contributed by atoms with Crippen LogP contribution in [0.15, 0.2) is 54.0 Å². The van der Waals surface area contributed by atoms with Gasteiger partial charge in [-0.1, -0.05) is 31.5 Å². The summed E-state index contributed by atoms with van der Waals surface area (Å²) in [6.45, 7) is 3.40. The van der Waals surface area contributed by atoms with Gasteiger partial charge in [0, 0.05) is 55.7 Å². The molecule has 2 saturated heterocycles. The van der Waals surface area contributed by atoms with Gasteiger partial charge in [-0.3, -0.25) is 19.4 Å². The van der Waals surface area contributed by atoms with Crippen LogP contribution in [0.25, 0.3) is 0 Å². The van der Waals surface area contributed by atoms with Crippen LogP contribution in [0.2, 0.25) is 0 Å². The van der Waals surface area contributed by atoms with Crippen molar-refractivity contribution in [2.75, 3.05) is 19.6 Å². The van der Waals surface area contributed by atoms with Gasteiger partial charge < -0.3 is 29.5 Å². The second-order valence-electron chi connectivity index (χ2n) is 14.0. The Kier molecular flexibility index (Phi) is 12.7. The van der Waals surface area contributed by atoms with Crippen molar-refractivity contribution < 1.29 is 60.4 Å². The van der Waals surface area contributed by atoms with Gasteiger partial charge in [-0.05, 0) is 63.6 Å². The molecule has 0 radical (unpaired) electrons. The van der Waals surface area contributed by atoms with Gasteiger partial charge in [-0.15, -0.1) is 11.3 Å². The van der Waals surface area contributed by atoms with E-state index in [-0.39, 0.29) is 70.0 Å². The molecule has 1 aromatic carbocycles. The van der Waals surface area contributed by atoms with Crippen LogP contribution in [0, 0.1) is 0 Å². The Bertz CT molecular complexity index is 1830. The van der Waals surface area contributed by atoms with Crippen LogP contribution in [0.4, 0.5) is 26.3 Å². The Morgan fingerprint density at radius 3 is 2.36 bits per heavy atom. The van der Waals surface area contributed by atoms with E-state index in [2.05, 4.69) is 4.98 Å². The standard InChI is InChI=1S/C38H43F6N3O7S/c1-3-9-29-36(54-25-22-30(55-23-25)38(42,43)44,15-8-19-47(29)33(50)32-27(37(39,40)41)12-7-18-45-32)34(51)46-20-16-35(52,17-21-46)26-11-4-5-13-28(26)53-24(2)10-6-14-31(48)49/h4-5,7,11-13,18,22-24,29,52H,3,6,8-10,14-17,19-21H2,1-2H3,(H,48,49)/t24-,29-,36+/m1/s1. The van der Waals surface area contributed by atoms with E-state index in [9.17, 15) is 45.8 Å². The van der Waals surface area contributed by atoms with Gasteiger partial charge in [0.15, 0.2) is 0 Å². The zero-order valence-electron chi connectivity index (χ0n) is 30.3. The molecule has 0 spiro atoms. The second-order valence-corrected chi connectivity index (χ2v) is 14.9. The lowest BCUT2D eigenvalue weighted by molar-refractivity contribution is -0.163. The summed E-state index contributed by atoms with van der Waals surface area (Å²) < 4.78 is 95.6. The largest absolute Gasteiger partial charge is 0.490 e. The third-order valence-corrected chi connectivity index (χ3v) is 11.1. The lowest BCUT2D eigenvalue weighted by Crippen LogP contribution is -2.68. The average Bonchev–Trinajstić information content (AvgIpc) is 3.61. The van der Waals surface area contributed by atoms with Crippen LogP contribution in [-0.4, -0.2) is 80.2 Å². The molecule has 2 aliphatic rings. The first kappa shape index (κ1) is 41.8. The number of likely N-dealkylation sites (tertiary alicyclic amines) is 2. The van der Waals surface area contributed by atoms with Crippen molar-refractivity contribution in [3.8, 4) is 11.5 Å². The normalized spacial score (nSPS) is 20.9. The van der Waals surface area contributed by atoms with E-state index in [1.165, 1.54) is 4.90 Å². The number of amides is 2. The van der Waals surface area contributed by atoms with E-state index in [0.717, 1.165) is 34.7 Å². The van der Waals surface area contributed by atoms with Gasteiger partial charge in [-0.2, -0.15) is 26.3 Å². The van der Waals surface area contributed by atoms with Gasteiger partial charge in [0.25, 0.3) is 11.8 Å². The molecule has 0 bridgehead atoms. The number of hydrogen-bond donors (Lipinski definition) is 2. The summed E-state index contributed by atoms with van der Waals surface area (Å²) in [5.41, 5.74) is -5.13. The highest BCUT2D eigenvalue weighted by Crippen LogP contribution is 2.44. The number of halogens is 6. The highest BCUT2D eigenvalue weighted by Gasteiger charge is 2.57. The van der Waals surface area contributed by atoms with Crippen molar-refractivity contribution in [3.05, 3.63) is 75.7 Å². The number of thiophene rings is 1. The fourth-order valence-corrected chi connectivity index (χ4v) is 8.14. The Morgan fingerprint density at radius 1 is 1.02 bits per heavy atom. The lowest BCUT2D eigenvalue weighted by atomic mass is 9.78. The van der Waals surface area contributed by atoms with Crippen molar-refractivity contribution in [3.63, 3.8) is 0 Å². The molecule has 5 rings (SSSR count). The average molecular weight is 800 g/mol. The fraction of sp³-hybridized carbons (Fsp3) is 0.526. The molecule has 2 aromatic heterocycles. The number of carbonyl (C=O) groups is 3. The number of alkyl halides is 6. The number of carboxylic acids is 1. The van der Waals surface area contributed by atoms with Gasteiger partial charge in [0.2, 0.25) is 5.60 Å². The molecule has 2 fully saturated rings.